The second-order valence-electron chi connectivity index (χ2n) is 3.15. The maximum atomic E-state index is 5.57. The van der Waals surface area contributed by atoms with Crippen LogP contribution in [0.5, 0.6) is 0 Å². The molecular weight excluding hydrogens is 237 g/mol. The minimum atomic E-state index is -0.823. The SMILES string of the molecule is C=C/C(N)=C\C=C(/C)OCCP(OC)OCC. The molecular formula is C12H22NO3P. The zero-order valence-corrected chi connectivity index (χ0v) is 11.7. The molecule has 0 aliphatic carbocycles. The topological polar surface area (TPSA) is 53.7 Å². The molecule has 0 rings (SSSR count). The Labute approximate surface area is 105 Å². The standard InChI is InChI=1S/C12H22NO3P/c1-5-12(13)8-7-11(3)15-9-10-17(14-4)16-6-2/h5,7-8H,1,6,9-10,13H2,2-4H3/b11-7+,12-8+. The first-order valence-corrected chi connectivity index (χ1v) is 6.84. The van der Waals surface area contributed by atoms with E-state index >= 15 is 0 Å². The van der Waals surface area contributed by atoms with Gasteiger partial charge in [-0.1, -0.05) is 6.58 Å². The Kier molecular flexibility index (Phi) is 9.83. The molecule has 0 saturated heterocycles. The molecule has 1 unspecified atom stereocenters. The quantitative estimate of drug-likeness (QED) is 0.393. The average molecular weight is 259 g/mol. The highest BCUT2D eigenvalue weighted by atomic mass is 31.2. The van der Waals surface area contributed by atoms with E-state index < -0.39 is 8.38 Å². The fourth-order valence-corrected chi connectivity index (χ4v) is 1.91. The molecule has 0 amide bonds. The van der Waals surface area contributed by atoms with Crippen molar-refractivity contribution < 1.29 is 13.8 Å². The van der Waals surface area contributed by atoms with E-state index in [1.54, 1.807) is 19.3 Å². The molecule has 0 spiro atoms. The van der Waals surface area contributed by atoms with Crippen LogP contribution in [0.25, 0.3) is 0 Å². The molecule has 0 radical (unpaired) electrons. The zero-order valence-electron chi connectivity index (χ0n) is 10.8. The Morgan fingerprint density at radius 3 is 2.65 bits per heavy atom. The van der Waals surface area contributed by atoms with Gasteiger partial charge in [0.05, 0.1) is 25.1 Å². The molecule has 0 aromatic carbocycles. The van der Waals surface area contributed by atoms with Gasteiger partial charge in [0, 0.05) is 12.8 Å². The van der Waals surface area contributed by atoms with Crippen LogP contribution in [0.4, 0.5) is 0 Å². The lowest BCUT2D eigenvalue weighted by Gasteiger charge is -2.14. The van der Waals surface area contributed by atoms with E-state index in [1.807, 2.05) is 19.9 Å². The molecule has 0 aromatic heterocycles. The van der Waals surface area contributed by atoms with Crippen molar-refractivity contribution in [2.45, 2.75) is 13.8 Å². The van der Waals surface area contributed by atoms with Crippen molar-refractivity contribution in [2.75, 3.05) is 26.5 Å². The third kappa shape index (κ3) is 8.93. The van der Waals surface area contributed by atoms with Crippen LogP contribution in [0.15, 0.2) is 36.3 Å². The van der Waals surface area contributed by atoms with E-state index in [0.717, 1.165) is 11.9 Å². The maximum absolute atomic E-state index is 5.57. The lowest BCUT2D eigenvalue weighted by Crippen LogP contribution is -2.01. The van der Waals surface area contributed by atoms with Gasteiger partial charge in [-0.25, -0.2) is 0 Å². The molecule has 0 aliphatic rings. The van der Waals surface area contributed by atoms with Crippen molar-refractivity contribution in [1.82, 2.24) is 0 Å². The van der Waals surface area contributed by atoms with Gasteiger partial charge in [0.25, 0.3) is 0 Å². The molecule has 0 aliphatic heterocycles. The van der Waals surface area contributed by atoms with Crippen molar-refractivity contribution in [3.63, 3.8) is 0 Å². The molecule has 0 bridgehead atoms. The molecule has 2 N–H and O–H groups in total. The van der Waals surface area contributed by atoms with Crippen LogP contribution in [0.1, 0.15) is 13.8 Å². The molecule has 0 saturated carbocycles. The Morgan fingerprint density at radius 1 is 1.41 bits per heavy atom. The van der Waals surface area contributed by atoms with Crippen molar-refractivity contribution in [2.24, 2.45) is 5.73 Å². The summed E-state index contributed by atoms with van der Waals surface area (Å²) >= 11 is 0. The summed E-state index contributed by atoms with van der Waals surface area (Å²) in [5.41, 5.74) is 6.18. The molecule has 0 heterocycles. The molecule has 0 fully saturated rings. The van der Waals surface area contributed by atoms with Gasteiger partial charge in [0.1, 0.15) is 0 Å². The van der Waals surface area contributed by atoms with Gasteiger partial charge in [0.15, 0.2) is 8.38 Å². The van der Waals surface area contributed by atoms with E-state index in [1.165, 1.54) is 0 Å². The van der Waals surface area contributed by atoms with E-state index in [0.29, 0.717) is 18.9 Å². The van der Waals surface area contributed by atoms with Crippen LogP contribution in [0.3, 0.4) is 0 Å². The number of hydrogen-bond donors (Lipinski definition) is 1. The Bertz CT molecular complexity index is 277. The van der Waals surface area contributed by atoms with Gasteiger partial charge in [-0.2, -0.15) is 0 Å². The van der Waals surface area contributed by atoms with Crippen LogP contribution in [0, 0.1) is 0 Å². The second-order valence-corrected chi connectivity index (χ2v) is 4.89. The van der Waals surface area contributed by atoms with E-state index in [4.69, 9.17) is 19.5 Å². The fraction of sp³-hybridized carbons (Fsp3) is 0.500. The van der Waals surface area contributed by atoms with Crippen molar-refractivity contribution in [1.29, 1.82) is 0 Å². The summed E-state index contributed by atoms with van der Waals surface area (Å²) < 4.78 is 16.1. The molecule has 98 valence electrons. The van der Waals surface area contributed by atoms with Crippen LogP contribution < -0.4 is 5.73 Å². The predicted molar refractivity (Wildman–Crippen MR) is 72.6 cm³/mol. The lowest BCUT2D eigenvalue weighted by molar-refractivity contribution is 0.223. The number of allylic oxidation sites excluding steroid dienone is 4. The molecule has 5 heteroatoms. The van der Waals surface area contributed by atoms with Gasteiger partial charge >= 0.3 is 0 Å². The monoisotopic (exact) mass is 259 g/mol. The molecule has 17 heavy (non-hydrogen) atoms. The zero-order chi connectivity index (χ0) is 13.1. The van der Waals surface area contributed by atoms with Gasteiger partial charge < -0.3 is 19.5 Å². The minimum absolute atomic E-state index is 0.573. The van der Waals surface area contributed by atoms with Gasteiger partial charge in [-0.05, 0) is 32.1 Å². The van der Waals surface area contributed by atoms with Crippen molar-refractivity contribution >= 4 is 8.38 Å². The van der Waals surface area contributed by atoms with Crippen LogP contribution >= 0.6 is 8.38 Å². The highest BCUT2D eigenvalue weighted by Gasteiger charge is 2.07. The maximum Gasteiger partial charge on any atom is 0.173 e. The summed E-state index contributed by atoms with van der Waals surface area (Å²) in [6.45, 7) is 8.62. The Morgan fingerprint density at radius 2 is 2.12 bits per heavy atom. The smallest absolute Gasteiger partial charge is 0.173 e. The Hall–Kier alpha value is -0.830. The number of ether oxygens (including phenoxy) is 1. The van der Waals surface area contributed by atoms with Gasteiger partial charge in [0.2, 0.25) is 0 Å². The summed E-state index contributed by atoms with van der Waals surface area (Å²) in [6, 6.07) is 0. The van der Waals surface area contributed by atoms with E-state index in [2.05, 4.69) is 6.58 Å². The molecule has 1 atom stereocenters. The third-order valence-electron chi connectivity index (χ3n) is 1.83. The summed E-state index contributed by atoms with van der Waals surface area (Å²) in [5, 5.41) is 0. The third-order valence-corrected chi connectivity index (χ3v) is 3.33. The Balaban J connectivity index is 3.91. The largest absolute Gasteiger partial charge is 0.498 e. The van der Waals surface area contributed by atoms with Crippen LogP contribution in [0.2, 0.25) is 0 Å². The minimum Gasteiger partial charge on any atom is -0.498 e. The van der Waals surface area contributed by atoms with Gasteiger partial charge in [-0.3, -0.25) is 0 Å². The normalized spacial score (nSPS) is 14.5. The van der Waals surface area contributed by atoms with Crippen LogP contribution in [-0.4, -0.2) is 26.5 Å². The lowest BCUT2D eigenvalue weighted by atomic mass is 10.3. The fourth-order valence-electron chi connectivity index (χ4n) is 0.963. The first-order valence-electron chi connectivity index (χ1n) is 5.47. The molecule has 4 nitrogen and oxygen atoms in total. The average Bonchev–Trinajstić information content (AvgIpc) is 2.34. The summed E-state index contributed by atoms with van der Waals surface area (Å²) in [7, 11) is 0.828. The summed E-state index contributed by atoms with van der Waals surface area (Å²) in [4.78, 5) is 0. The van der Waals surface area contributed by atoms with Crippen LogP contribution in [-0.2, 0) is 13.8 Å². The summed E-state index contributed by atoms with van der Waals surface area (Å²) in [5.74, 6) is 0.803. The van der Waals surface area contributed by atoms with Crippen molar-refractivity contribution in [3.05, 3.63) is 36.3 Å². The number of rotatable bonds is 9. The second kappa shape index (κ2) is 10.3. The van der Waals surface area contributed by atoms with E-state index in [9.17, 15) is 0 Å². The highest BCUT2D eigenvalue weighted by molar-refractivity contribution is 7.47. The number of hydrogen-bond acceptors (Lipinski definition) is 4. The van der Waals surface area contributed by atoms with Crippen molar-refractivity contribution in [3.8, 4) is 0 Å². The van der Waals surface area contributed by atoms with Gasteiger partial charge in [-0.15, -0.1) is 0 Å². The van der Waals surface area contributed by atoms with E-state index in [-0.39, 0.29) is 0 Å². The first-order chi connectivity index (χ1) is 8.13. The predicted octanol–water partition coefficient (Wildman–Crippen LogP) is 2.93. The highest BCUT2D eigenvalue weighted by Crippen LogP contribution is 2.36. The number of nitrogens with two attached hydrogens (primary N) is 1. The summed E-state index contributed by atoms with van der Waals surface area (Å²) in [6.07, 6.45) is 5.91. The molecule has 0 aromatic rings. The first kappa shape index (κ1) is 16.2.